The maximum atomic E-state index is 10.5. The molecule has 0 amide bonds. The topological polar surface area (TPSA) is 98.0 Å². The van der Waals surface area contributed by atoms with Crippen molar-refractivity contribution in [2.24, 2.45) is 11.8 Å². The van der Waals surface area contributed by atoms with Gasteiger partial charge in [-0.15, -0.1) is 0 Å². The summed E-state index contributed by atoms with van der Waals surface area (Å²) in [6.45, 7) is 2.17. The third kappa shape index (κ3) is 8.66. The summed E-state index contributed by atoms with van der Waals surface area (Å²) in [5.74, 6) is -1.08. The zero-order valence-electron chi connectivity index (χ0n) is 15.3. The summed E-state index contributed by atoms with van der Waals surface area (Å²) in [6.07, 6.45) is 12.4. The fraction of sp³-hybridized carbons (Fsp3) is 0.750. The first kappa shape index (κ1) is 21.9. The molecule has 1 aliphatic carbocycles. The van der Waals surface area contributed by atoms with Gasteiger partial charge in [0.25, 0.3) is 0 Å². The monoisotopic (exact) mass is 354 g/mol. The van der Waals surface area contributed by atoms with Crippen molar-refractivity contribution >= 4 is 5.97 Å². The number of carbonyl (C=O) groups is 1. The Balaban J connectivity index is 2.47. The number of aliphatic hydroxyl groups excluding tert-OH is 3. The molecule has 5 heteroatoms. The van der Waals surface area contributed by atoms with E-state index >= 15 is 0 Å². The van der Waals surface area contributed by atoms with E-state index in [-0.39, 0.29) is 18.3 Å². The number of carboxylic acids is 1. The summed E-state index contributed by atoms with van der Waals surface area (Å²) in [5.41, 5.74) is 0. The van der Waals surface area contributed by atoms with Gasteiger partial charge in [0.15, 0.2) is 0 Å². The van der Waals surface area contributed by atoms with Gasteiger partial charge in [0, 0.05) is 18.8 Å². The van der Waals surface area contributed by atoms with Gasteiger partial charge in [-0.3, -0.25) is 4.79 Å². The van der Waals surface area contributed by atoms with Crippen LogP contribution in [0.2, 0.25) is 0 Å². The molecule has 1 rings (SSSR count). The van der Waals surface area contributed by atoms with Crippen LogP contribution in [0, 0.1) is 11.8 Å². The molecule has 0 saturated heterocycles. The molecule has 0 unspecified atom stereocenters. The largest absolute Gasteiger partial charge is 0.481 e. The number of aliphatic carboxylic acids is 1. The lowest BCUT2D eigenvalue weighted by atomic mass is 9.89. The van der Waals surface area contributed by atoms with Gasteiger partial charge < -0.3 is 20.4 Å². The molecular weight excluding hydrogens is 320 g/mol. The first-order valence-corrected chi connectivity index (χ1v) is 9.55. The molecule has 0 heterocycles. The first-order valence-electron chi connectivity index (χ1n) is 9.55. The van der Waals surface area contributed by atoms with Gasteiger partial charge >= 0.3 is 5.97 Å². The zero-order chi connectivity index (χ0) is 18.7. The Hall–Kier alpha value is -1.17. The molecule has 0 spiro atoms. The highest BCUT2D eigenvalue weighted by molar-refractivity contribution is 5.66. The zero-order valence-corrected chi connectivity index (χ0v) is 15.3. The Kier molecular flexibility index (Phi) is 10.7. The van der Waals surface area contributed by atoms with Crippen LogP contribution in [0.4, 0.5) is 0 Å². The number of hydrogen-bond donors (Lipinski definition) is 4. The van der Waals surface area contributed by atoms with Gasteiger partial charge in [-0.25, -0.2) is 0 Å². The highest BCUT2D eigenvalue weighted by Crippen LogP contribution is 2.36. The van der Waals surface area contributed by atoms with E-state index < -0.39 is 24.3 Å². The number of rotatable bonds is 12. The highest BCUT2D eigenvalue weighted by atomic mass is 16.4. The van der Waals surface area contributed by atoms with Gasteiger partial charge in [0.05, 0.1) is 18.3 Å². The normalized spacial score (nSPS) is 28.2. The summed E-state index contributed by atoms with van der Waals surface area (Å²) < 4.78 is 0. The minimum absolute atomic E-state index is 0.0418. The Morgan fingerprint density at radius 3 is 2.60 bits per heavy atom. The van der Waals surface area contributed by atoms with Crippen molar-refractivity contribution in [1.29, 1.82) is 0 Å². The molecule has 1 fully saturated rings. The molecule has 0 aromatic carbocycles. The summed E-state index contributed by atoms with van der Waals surface area (Å²) >= 11 is 0. The third-order valence-corrected chi connectivity index (χ3v) is 4.91. The lowest BCUT2D eigenvalue weighted by Crippen LogP contribution is -2.20. The Bertz CT molecular complexity index is 432. The van der Waals surface area contributed by atoms with Crippen LogP contribution in [0.1, 0.15) is 64.7 Å². The van der Waals surface area contributed by atoms with E-state index in [1.807, 2.05) is 0 Å². The Morgan fingerprint density at radius 2 is 1.92 bits per heavy atom. The van der Waals surface area contributed by atoms with Crippen LogP contribution < -0.4 is 0 Å². The molecule has 25 heavy (non-hydrogen) atoms. The summed E-state index contributed by atoms with van der Waals surface area (Å²) in [5, 5.41) is 38.9. The maximum absolute atomic E-state index is 10.5. The molecule has 144 valence electrons. The number of hydrogen-bond acceptors (Lipinski definition) is 4. The van der Waals surface area contributed by atoms with E-state index in [0.717, 1.165) is 6.42 Å². The molecule has 5 atom stereocenters. The number of aliphatic hydroxyl groups is 3. The van der Waals surface area contributed by atoms with Crippen LogP contribution in [-0.4, -0.2) is 44.7 Å². The average Bonchev–Trinajstić information content (AvgIpc) is 2.81. The fourth-order valence-electron chi connectivity index (χ4n) is 3.41. The fourth-order valence-corrected chi connectivity index (χ4v) is 3.41. The van der Waals surface area contributed by atoms with Gasteiger partial charge in [-0.05, 0) is 38.0 Å². The number of allylic oxidation sites excluding steroid dienone is 2. The van der Waals surface area contributed by atoms with Crippen molar-refractivity contribution < 1.29 is 25.2 Å². The number of unbranched alkanes of at least 4 members (excludes halogenated alkanes) is 3. The lowest BCUT2D eigenvalue weighted by molar-refractivity contribution is -0.137. The lowest BCUT2D eigenvalue weighted by Gasteiger charge is -2.19. The quantitative estimate of drug-likeness (QED) is 0.319. The Labute approximate surface area is 151 Å². The molecule has 1 aliphatic rings. The second kappa shape index (κ2) is 12.2. The predicted molar refractivity (Wildman–Crippen MR) is 98.1 cm³/mol. The predicted octanol–water partition coefficient (Wildman–Crippen LogP) is 3.04. The van der Waals surface area contributed by atoms with E-state index in [1.54, 1.807) is 12.2 Å². The van der Waals surface area contributed by atoms with Crippen LogP contribution in [0.5, 0.6) is 0 Å². The van der Waals surface area contributed by atoms with Gasteiger partial charge in [0.1, 0.15) is 0 Å². The standard InChI is InChI=1S/C20H34O5/c1-2-3-4-5-6-7-10-16-17(19(23)14-18(16)22)13-12-15(21)9-8-11-20(24)25/h6-7,12-13,15-19,21-23H,2-5,8-11,14H2,1H3,(H,24,25)/b7-6-,13-12+/t15-,16-,17-,18-,19+/m1/s1. The van der Waals surface area contributed by atoms with Crippen LogP contribution in [-0.2, 0) is 4.79 Å². The minimum atomic E-state index is -0.865. The van der Waals surface area contributed by atoms with Crippen LogP contribution in [0.3, 0.4) is 0 Å². The smallest absolute Gasteiger partial charge is 0.303 e. The van der Waals surface area contributed by atoms with Crippen molar-refractivity contribution in [3.05, 3.63) is 24.3 Å². The molecule has 5 nitrogen and oxygen atoms in total. The molecule has 0 bridgehead atoms. The van der Waals surface area contributed by atoms with E-state index in [9.17, 15) is 20.1 Å². The van der Waals surface area contributed by atoms with Crippen LogP contribution in [0.15, 0.2) is 24.3 Å². The van der Waals surface area contributed by atoms with Crippen LogP contribution >= 0.6 is 0 Å². The summed E-state index contributed by atoms with van der Waals surface area (Å²) in [7, 11) is 0. The van der Waals surface area contributed by atoms with Crippen molar-refractivity contribution in [3.63, 3.8) is 0 Å². The molecule has 4 N–H and O–H groups in total. The third-order valence-electron chi connectivity index (χ3n) is 4.91. The van der Waals surface area contributed by atoms with Crippen LogP contribution in [0.25, 0.3) is 0 Å². The molecule has 0 aromatic rings. The highest BCUT2D eigenvalue weighted by Gasteiger charge is 2.39. The second-order valence-electron chi connectivity index (χ2n) is 7.05. The van der Waals surface area contributed by atoms with Gasteiger partial charge in [-0.2, -0.15) is 0 Å². The molecule has 0 aromatic heterocycles. The average molecular weight is 354 g/mol. The van der Waals surface area contributed by atoms with E-state index in [1.165, 1.54) is 19.3 Å². The van der Waals surface area contributed by atoms with E-state index in [2.05, 4.69) is 19.1 Å². The molecule has 0 radical (unpaired) electrons. The van der Waals surface area contributed by atoms with Gasteiger partial charge in [-0.1, -0.05) is 44.1 Å². The van der Waals surface area contributed by atoms with E-state index in [4.69, 9.17) is 5.11 Å². The first-order chi connectivity index (χ1) is 12.0. The van der Waals surface area contributed by atoms with Crippen molar-refractivity contribution in [2.75, 3.05) is 0 Å². The van der Waals surface area contributed by atoms with Crippen molar-refractivity contribution in [2.45, 2.75) is 83.0 Å². The maximum Gasteiger partial charge on any atom is 0.303 e. The molecule has 1 saturated carbocycles. The van der Waals surface area contributed by atoms with E-state index in [0.29, 0.717) is 25.7 Å². The summed E-state index contributed by atoms with van der Waals surface area (Å²) in [6, 6.07) is 0. The van der Waals surface area contributed by atoms with Crippen molar-refractivity contribution in [1.82, 2.24) is 0 Å². The molecular formula is C20H34O5. The number of carboxylic acid groups (broad SMARTS) is 1. The SMILES string of the molecule is CCCCC/C=C\C[C@@H]1[C@@H](/C=C/[C@H](O)CCCC(=O)O)[C@@H](O)C[C@H]1O. The molecule has 0 aliphatic heterocycles. The van der Waals surface area contributed by atoms with Crippen molar-refractivity contribution in [3.8, 4) is 0 Å². The minimum Gasteiger partial charge on any atom is -0.481 e. The van der Waals surface area contributed by atoms with Gasteiger partial charge in [0.2, 0.25) is 0 Å². The Morgan fingerprint density at radius 1 is 1.16 bits per heavy atom. The summed E-state index contributed by atoms with van der Waals surface area (Å²) in [4.78, 5) is 10.5. The second-order valence-corrected chi connectivity index (χ2v) is 7.05.